The number of hydrogen-bond acceptors (Lipinski definition) is 5. The summed E-state index contributed by atoms with van der Waals surface area (Å²) in [6.07, 6.45) is 5.82. The summed E-state index contributed by atoms with van der Waals surface area (Å²) in [6, 6.07) is 0.726. The molecule has 0 amide bonds. The van der Waals surface area contributed by atoms with Gasteiger partial charge in [0, 0.05) is 25.7 Å². The van der Waals surface area contributed by atoms with Crippen LogP contribution in [0.15, 0.2) is 11.7 Å². The van der Waals surface area contributed by atoms with Gasteiger partial charge in [-0.1, -0.05) is 6.42 Å². The highest BCUT2D eigenvalue weighted by molar-refractivity contribution is 7.18. The molecule has 20 heavy (non-hydrogen) atoms. The normalized spacial score (nSPS) is 24.1. The third-order valence-corrected chi connectivity index (χ3v) is 5.73. The topological polar surface area (TPSA) is 32.3 Å². The van der Waals surface area contributed by atoms with Crippen LogP contribution in [0.3, 0.4) is 0 Å². The smallest absolute Gasteiger partial charge is 0.150 e. The second-order valence-corrected chi connectivity index (χ2v) is 6.80. The van der Waals surface area contributed by atoms with Crippen molar-refractivity contribution in [3.63, 3.8) is 0 Å². The van der Waals surface area contributed by atoms with Gasteiger partial charge in [0.25, 0.3) is 0 Å². The molecular formula is C15H20N4S. The van der Waals surface area contributed by atoms with E-state index in [1.807, 2.05) is 0 Å². The molecule has 5 heteroatoms. The Balaban J connectivity index is 1.66. The molecule has 0 aromatic carbocycles. The Kier molecular flexibility index (Phi) is 3.11. The maximum absolute atomic E-state index is 4.59. The van der Waals surface area contributed by atoms with Crippen molar-refractivity contribution in [2.45, 2.75) is 32.2 Å². The molecule has 1 atom stereocenters. The molecule has 2 aromatic heterocycles. The Bertz CT molecular complexity index is 623. The highest BCUT2D eigenvalue weighted by atomic mass is 32.1. The number of aryl methyl sites for hydroxylation is 1. The van der Waals surface area contributed by atoms with E-state index in [-0.39, 0.29) is 0 Å². The van der Waals surface area contributed by atoms with E-state index < -0.39 is 0 Å². The van der Waals surface area contributed by atoms with Crippen molar-refractivity contribution in [1.82, 2.24) is 14.9 Å². The van der Waals surface area contributed by atoms with Crippen molar-refractivity contribution >= 4 is 27.4 Å². The van der Waals surface area contributed by atoms with E-state index in [9.17, 15) is 0 Å². The molecule has 0 bridgehead atoms. The van der Waals surface area contributed by atoms with Gasteiger partial charge in [-0.05, 0) is 37.3 Å². The lowest BCUT2D eigenvalue weighted by atomic mass is 9.99. The average Bonchev–Trinajstić information content (AvgIpc) is 2.88. The molecule has 4 nitrogen and oxygen atoms in total. The number of thiophene rings is 1. The number of nitrogens with zero attached hydrogens (tertiary/aromatic N) is 4. The lowest BCUT2D eigenvalue weighted by Crippen LogP contribution is -2.55. The lowest BCUT2D eigenvalue weighted by Gasteiger charge is -2.44. The van der Waals surface area contributed by atoms with Gasteiger partial charge in [-0.25, -0.2) is 9.97 Å². The molecule has 0 saturated carbocycles. The molecule has 2 aromatic rings. The number of anilines is 1. The molecule has 2 saturated heterocycles. The zero-order valence-corrected chi connectivity index (χ0v) is 12.7. The summed E-state index contributed by atoms with van der Waals surface area (Å²) in [7, 11) is 0. The first-order chi connectivity index (χ1) is 9.83. The van der Waals surface area contributed by atoms with E-state index in [1.54, 1.807) is 17.7 Å². The van der Waals surface area contributed by atoms with E-state index in [2.05, 4.69) is 32.1 Å². The van der Waals surface area contributed by atoms with Crippen molar-refractivity contribution in [3.8, 4) is 0 Å². The minimum atomic E-state index is 0.726. The van der Waals surface area contributed by atoms with Gasteiger partial charge in [0.05, 0.1) is 10.2 Å². The van der Waals surface area contributed by atoms with Crippen LogP contribution in [0.2, 0.25) is 0 Å². The van der Waals surface area contributed by atoms with Crippen LogP contribution >= 0.6 is 11.3 Å². The van der Waals surface area contributed by atoms with Crippen LogP contribution in [0.5, 0.6) is 0 Å². The molecular weight excluding hydrogens is 268 g/mol. The van der Waals surface area contributed by atoms with Crippen molar-refractivity contribution < 1.29 is 0 Å². The first-order valence-corrected chi connectivity index (χ1v) is 8.38. The van der Waals surface area contributed by atoms with Crippen LogP contribution in [-0.4, -0.2) is 47.1 Å². The monoisotopic (exact) mass is 288 g/mol. The number of fused-ring (bicyclic) bond motifs is 2. The summed E-state index contributed by atoms with van der Waals surface area (Å²) < 4.78 is 1.26. The second kappa shape index (κ2) is 4.97. The third kappa shape index (κ3) is 2.00. The summed E-state index contributed by atoms with van der Waals surface area (Å²) in [6.45, 7) is 6.83. The molecule has 2 aliphatic rings. The van der Waals surface area contributed by atoms with Gasteiger partial charge in [0.15, 0.2) is 0 Å². The number of aromatic nitrogens is 2. The van der Waals surface area contributed by atoms with Crippen molar-refractivity contribution in [2.24, 2.45) is 0 Å². The number of rotatable bonds is 1. The molecule has 4 rings (SSSR count). The number of piperazine rings is 1. The quantitative estimate of drug-likeness (QED) is 0.807. The molecule has 0 N–H and O–H groups in total. The second-order valence-electron chi connectivity index (χ2n) is 5.93. The molecule has 0 radical (unpaired) electrons. The molecule has 106 valence electrons. The van der Waals surface area contributed by atoms with Gasteiger partial charge in [-0.15, -0.1) is 11.3 Å². The van der Waals surface area contributed by atoms with Crippen LogP contribution in [0.4, 0.5) is 5.82 Å². The zero-order chi connectivity index (χ0) is 13.5. The van der Waals surface area contributed by atoms with E-state index in [0.717, 1.165) is 30.5 Å². The van der Waals surface area contributed by atoms with Gasteiger partial charge in [0.2, 0.25) is 0 Å². The molecule has 2 aliphatic heterocycles. The summed E-state index contributed by atoms with van der Waals surface area (Å²) in [5.41, 5.74) is 2.40. The molecule has 0 aliphatic carbocycles. The highest BCUT2D eigenvalue weighted by Gasteiger charge is 2.30. The van der Waals surface area contributed by atoms with Gasteiger partial charge < -0.3 is 4.90 Å². The summed E-state index contributed by atoms with van der Waals surface area (Å²) in [5, 5.41) is 2.19. The lowest BCUT2D eigenvalue weighted by molar-refractivity contribution is 0.133. The Morgan fingerprint density at radius 2 is 2.15 bits per heavy atom. The standard InChI is InChI=1S/C15H20N4S/c1-11-9-20-14-13(11)16-10-17-15(14)19-7-6-18-5-3-2-4-12(18)8-19/h9-10,12H,2-8H2,1H3. The summed E-state index contributed by atoms with van der Waals surface area (Å²) in [5.74, 6) is 1.15. The van der Waals surface area contributed by atoms with Crippen LogP contribution in [0.1, 0.15) is 24.8 Å². The fourth-order valence-corrected chi connectivity index (χ4v) is 4.55. The summed E-state index contributed by atoms with van der Waals surface area (Å²) >= 11 is 1.78. The summed E-state index contributed by atoms with van der Waals surface area (Å²) in [4.78, 5) is 14.2. The van der Waals surface area contributed by atoms with E-state index in [1.165, 1.54) is 42.6 Å². The Hall–Kier alpha value is -1.20. The van der Waals surface area contributed by atoms with E-state index in [0.29, 0.717) is 0 Å². The molecule has 1 unspecified atom stereocenters. The minimum Gasteiger partial charge on any atom is -0.352 e. The average molecular weight is 288 g/mol. The van der Waals surface area contributed by atoms with Crippen molar-refractivity contribution in [3.05, 3.63) is 17.3 Å². The van der Waals surface area contributed by atoms with Gasteiger partial charge in [-0.3, -0.25) is 4.90 Å². The van der Waals surface area contributed by atoms with Crippen LogP contribution in [0.25, 0.3) is 10.2 Å². The molecule has 2 fully saturated rings. The van der Waals surface area contributed by atoms with Gasteiger partial charge in [0.1, 0.15) is 12.1 Å². The Morgan fingerprint density at radius 1 is 1.20 bits per heavy atom. The SMILES string of the molecule is Cc1csc2c(N3CCN4CCCCC4C3)ncnc12. The van der Waals surface area contributed by atoms with Crippen LogP contribution < -0.4 is 4.90 Å². The van der Waals surface area contributed by atoms with Gasteiger partial charge >= 0.3 is 0 Å². The van der Waals surface area contributed by atoms with Crippen molar-refractivity contribution in [1.29, 1.82) is 0 Å². The largest absolute Gasteiger partial charge is 0.352 e. The first kappa shape index (κ1) is 12.5. The van der Waals surface area contributed by atoms with Crippen LogP contribution in [-0.2, 0) is 0 Å². The maximum atomic E-state index is 4.59. The molecule has 0 spiro atoms. The Labute approximate surface area is 123 Å². The van der Waals surface area contributed by atoms with Gasteiger partial charge in [-0.2, -0.15) is 0 Å². The Morgan fingerprint density at radius 3 is 3.10 bits per heavy atom. The third-order valence-electron chi connectivity index (χ3n) is 4.65. The fraction of sp³-hybridized carbons (Fsp3) is 0.600. The predicted octanol–water partition coefficient (Wildman–Crippen LogP) is 2.67. The predicted molar refractivity (Wildman–Crippen MR) is 83.6 cm³/mol. The fourth-order valence-electron chi connectivity index (χ4n) is 3.53. The number of piperidine rings is 1. The molecule has 4 heterocycles. The van der Waals surface area contributed by atoms with E-state index in [4.69, 9.17) is 0 Å². The zero-order valence-electron chi connectivity index (χ0n) is 11.9. The highest BCUT2D eigenvalue weighted by Crippen LogP contribution is 2.32. The number of hydrogen-bond donors (Lipinski definition) is 0. The maximum Gasteiger partial charge on any atom is 0.150 e. The van der Waals surface area contributed by atoms with Crippen LogP contribution in [0, 0.1) is 6.92 Å². The van der Waals surface area contributed by atoms with Crippen molar-refractivity contribution in [2.75, 3.05) is 31.1 Å². The van der Waals surface area contributed by atoms with E-state index >= 15 is 0 Å². The first-order valence-electron chi connectivity index (χ1n) is 7.51. The minimum absolute atomic E-state index is 0.726.